The zero-order chi connectivity index (χ0) is 43.5. The number of rotatable bonds is 17. The number of sulfonamides is 1. The average Bonchev–Trinajstić information content (AvgIpc) is 3.88. The van der Waals surface area contributed by atoms with Crippen molar-refractivity contribution >= 4 is 54.6 Å². The van der Waals surface area contributed by atoms with E-state index in [1.165, 1.54) is 26.5 Å². The molecule has 2 N–H and O–H groups in total. The molecule has 18 heteroatoms. The van der Waals surface area contributed by atoms with Crippen molar-refractivity contribution < 1.29 is 31.0 Å². The maximum Gasteiger partial charge on any atom is 0.245 e. The van der Waals surface area contributed by atoms with Gasteiger partial charge in [-0.05, 0) is 82.0 Å². The number of hydrogen-bond donors (Lipinski definition) is 1. The van der Waals surface area contributed by atoms with Gasteiger partial charge in [0.1, 0.15) is 22.1 Å². The first-order valence-corrected chi connectivity index (χ1v) is 26.9. The Hall–Kier alpha value is -5.66. The third-order valence-corrected chi connectivity index (χ3v) is 16.8. The molecule has 0 atom stereocenters. The monoisotopic (exact) mass is 897 g/mol. The van der Waals surface area contributed by atoms with Crippen molar-refractivity contribution in [3.8, 4) is 39.8 Å². The Morgan fingerprint density at radius 3 is 1.82 bits per heavy atom. The van der Waals surface area contributed by atoms with Crippen LogP contribution in [0.3, 0.4) is 0 Å². The molecule has 0 radical (unpaired) electrons. The second-order valence-corrected chi connectivity index (χ2v) is 26.2. The molecule has 2 aromatic heterocycles. The predicted molar refractivity (Wildman–Crippen MR) is 241 cm³/mol. The van der Waals surface area contributed by atoms with Crippen LogP contribution >= 0.6 is 11.3 Å². The minimum absolute atomic E-state index is 0.0245. The van der Waals surface area contributed by atoms with Crippen molar-refractivity contribution in [3.05, 3.63) is 120 Å². The first-order valence-electron chi connectivity index (χ1n) is 19.3. The van der Waals surface area contributed by atoms with E-state index in [1.54, 1.807) is 82.0 Å². The van der Waals surface area contributed by atoms with Gasteiger partial charge in [-0.3, -0.25) is 0 Å². The van der Waals surface area contributed by atoms with Crippen LogP contribution in [0.2, 0.25) is 25.7 Å². The molecule has 61 heavy (non-hydrogen) atoms. The topological polar surface area (TPSA) is 182 Å². The smallest absolute Gasteiger partial charge is 0.245 e. The van der Waals surface area contributed by atoms with Crippen LogP contribution in [0.1, 0.15) is 16.7 Å². The minimum Gasteiger partial charge on any atom is -0.497 e. The van der Waals surface area contributed by atoms with Gasteiger partial charge in [-0.1, -0.05) is 85.6 Å². The lowest BCUT2D eigenvalue weighted by Gasteiger charge is -2.26. The Bertz CT molecular complexity index is 2830. The molecular formula is C43H47N7O7S3Si. The van der Waals surface area contributed by atoms with E-state index in [0.29, 0.717) is 56.2 Å². The zero-order valence-corrected chi connectivity index (χ0v) is 38.1. The quantitative estimate of drug-likeness (QED) is 0.0879. The van der Waals surface area contributed by atoms with Crippen LogP contribution in [-0.2, 0) is 39.5 Å². The SMILES string of the molecule is COc1ccc(CN(Cc2ccc(OC)cc2)S(=O)(=O)c2c(S(=O)(=O)CC[Si](C)(C)C)ccc(-c3cccc4sc(N)nc34)c2-c2nnn(Cc3ccc(OC)cc3)n2)cc1. The summed E-state index contributed by atoms with van der Waals surface area (Å²) in [7, 11) is -6.29. The molecule has 7 aromatic rings. The molecule has 0 aliphatic rings. The van der Waals surface area contributed by atoms with Gasteiger partial charge in [-0.2, -0.15) is 9.10 Å². The van der Waals surface area contributed by atoms with Crippen molar-refractivity contribution in [2.45, 2.75) is 55.1 Å². The number of nitrogens with zero attached hydrogens (tertiary/aromatic N) is 6. The maximum absolute atomic E-state index is 16.0. The Morgan fingerprint density at radius 1 is 0.721 bits per heavy atom. The van der Waals surface area contributed by atoms with Crippen LogP contribution in [0.4, 0.5) is 5.13 Å². The normalized spacial score (nSPS) is 12.2. The van der Waals surface area contributed by atoms with E-state index in [-0.39, 0.29) is 41.7 Å². The number of benzene rings is 5. The predicted octanol–water partition coefficient (Wildman–Crippen LogP) is 7.78. The van der Waals surface area contributed by atoms with Crippen molar-refractivity contribution in [2.24, 2.45) is 0 Å². The largest absolute Gasteiger partial charge is 0.497 e. The number of tetrazole rings is 1. The lowest BCUT2D eigenvalue weighted by Crippen LogP contribution is -2.32. The van der Waals surface area contributed by atoms with Gasteiger partial charge in [0.15, 0.2) is 15.0 Å². The van der Waals surface area contributed by atoms with E-state index in [0.717, 1.165) is 10.3 Å². The van der Waals surface area contributed by atoms with Crippen molar-refractivity contribution in [1.29, 1.82) is 0 Å². The third-order valence-electron chi connectivity index (χ3n) is 10.1. The van der Waals surface area contributed by atoms with E-state index in [9.17, 15) is 8.42 Å². The van der Waals surface area contributed by atoms with Gasteiger partial charge in [-0.25, -0.2) is 21.8 Å². The molecule has 2 heterocycles. The maximum atomic E-state index is 16.0. The molecule has 5 aromatic carbocycles. The standard InChI is InChI=1S/C43H47N7O7S3Si/c1-55-32-16-10-29(11-17-32)26-49(27-30-12-18-33(56-2)19-13-30)60(53,54)41-38(59(51,52)24-25-61(4,5)6)23-22-35(36-8-7-9-37-40(36)45-43(44)58-37)39(41)42-46-48-50(47-42)28-31-14-20-34(57-3)21-15-31/h7-23H,24-28H2,1-6H3,(H2,44,45). The van der Waals surface area contributed by atoms with Crippen LogP contribution < -0.4 is 19.9 Å². The van der Waals surface area contributed by atoms with Gasteiger partial charge in [0.2, 0.25) is 15.8 Å². The van der Waals surface area contributed by atoms with Crippen LogP contribution in [0.25, 0.3) is 32.7 Å². The summed E-state index contributed by atoms with van der Waals surface area (Å²) in [6.07, 6.45) is 0. The molecule has 0 saturated carbocycles. The van der Waals surface area contributed by atoms with Crippen LogP contribution in [-0.4, -0.2) is 81.5 Å². The number of ether oxygens (including phenoxy) is 3. The summed E-state index contributed by atoms with van der Waals surface area (Å²) in [5.41, 5.74) is 9.69. The summed E-state index contributed by atoms with van der Waals surface area (Å²) in [4.78, 5) is 5.17. The Morgan fingerprint density at radius 2 is 1.28 bits per heavy atom. The Kier molecular flexibility index (Phi) is 12.6. The number of fused-ring (bicyclic) bond motifs is 1. The zero-order valence-electron chi connectivity index (χ0n) is 34.7. The van der Waals surface area contributed by atoms with E-state index >= 15 is 8.42 Å². The summed E-state index contributed by atoms with van der Waals surface area (Å²) in [5, 5.41) is 13.9. The minimum atomic E-state index is -4.78. The molecule has 0 aliphatic carbocycles. The summed E-state index contributed by atoms with van der Waals surface area (Å²) >= 11 is 1.28. The Labute approximate surface area is 360 Å². The molecule has 14 nitrogen and oxygen atoms in total. The van der Waals surface area contributed by atoms with Crippen LogP contribution in [0.15, 0.2) is 113 Å². The van der Waals surface area contributed by atoms with Gasteiger partial charge in [0.05, 0.1) is 54.3 Å². The van der Waals surface area contributed by atoms with Gasteiger partial charge in [0.25, 0.3) is 0 Å². The van der Waals surface area contributed by atoms with Gasteiger partial charge < -0.3 is 19.9 Å². The molecule has 0 saturated heterocycles. The molecule has 0 bridgehead atoms. The number of nitrogens with two attached hydrogens (primary N) is 1. The molecule has 7 rings (SSSR count). The number of aromatic nitrogens is 5. The second-order valence-electron chi connectivity index (χ2n) is 15.6. The van der Waals surface area contributed by atoms with Crippen molar-refractivity contribution in [2.75, 3.05) is 32.8 Å². The summed E-state index contributed by atoms with van der Waals surface area (Å²) < 4.78 is 79.6. The fourth-order valence-corrected chi connectivity index (χ4v) is 14.3. The fraction of sp³-hybridized carbons (Fsp3) is 0.256. The second kappa shape index (κ2) is 17.7. The highest BCUT2D eigenvalue weighted by atomic mass is 32.2. The molecule has 318 valence electrons. The lowest BCUT2D eigenvalue weighted by atomic mass is 9.98. The van der Waals surface area contributed by atoms with E-state index in [2.05, 4.69) is 34.9 Å². The van der Waals surface area contributed by atoms with Gasteiger partial charge in [-0.15, -0.1) is 10.2 Å². The average molecular weight is 898 g/mol. The number of para-hydroxylation sites is 1. The first kappa shape index (κ1) is 43.4. The number of hydrogen-bond acceptors (Lipinski definition) is 13. The lowest BCUT2D eigenvalue weighted by molar-refractivity contribution is 0.396. The Balaban J connectivity index is 1.51. The molecule has 0 unspecified atom stereocenters. The number of thiazole rings is 1. The number of methoxy groups -OCH3 is 3. The highest BCUT2D eigenvalue weighted by Crippen LogP contribution is 2.44. The fourth-order valence-electron chi connectivity index (χ4n) is 6.77. The molecule has 0 spiro atoms. The van der Waals surface area contributed by atoms with Gasteiger partial charge >= 0.3 is 0 Å². The summed E-state index contributed by atoms with van der Waals surface area (Å²) in [6.45, 7) is 6.17. The molecule has 0 fully saturated rings. The highest BCUT2D eigenvalue weighted by Gasteiger charge is 2.38. The van der Waals surface area contributed by atoms with E-state index in [1.807, 2.05) is 36.4 Å². The third kappa shape index (κ3) is 9.78. The summed E-state index contributed by atoms with van der Waals surface area (Å²) in [5.74, 6) is 1.53. The van der Waals surface area contributed by atoms with Crippen LogP contribution in [0, 0.1) is 0 Å². The molecule has 0 amide bonds. The molecule has 0 aliphatic heterocycles. The van der Waals surface area contributed by atoms with Crippen molar-refractivity contribution in [3.63, 3.8) is 0 Å². The highest BCUT2D eigenvalue weighted by molar-refractivity contribution is 7.93. The number of sulfone groups is 1. The molecular weight excluding hydrogens is 851 g/mol. The van der Waals surface area contributed by atoms with E-state index in [4.69, 9.17) is 25.0 Å². The number of anilines is 1. The van der Waals surface area contributed by atoms with E-state index < -0.39 is 32.8 Å². The first-order chi connectivity index (χ1) is 29.1. The summed E-state index contributed by atoms with van der Waals surface area (Å²) in [6, 6.07) is 30.3. The number of nitrogen functional groups attached to an aromatic ring is 1. The van der Waals surface area contributed by atoms with Crippen LogP contribution in [0.5, 0.6) is 17.2 Å². The van der Waals surface area contributed by atoms with Crippen molar-refractivity contribution in [1.82, 2.24) is 29.5 Å². The van der Waals surface area contributed by atoms with Gasteiger partial charge in [0, 0.05) is 26.7 Å².